The van der Waals surface area contributed by atoms with Gasteiger partial charge in [-0.2, -0.15) is 5.10 Å². The second kappa shape index (κ2) is 6.92. The van der Waals surface area contributed by atoms with Crippen LogP contribution in [0.5, 0.6) is 0 Å². The van der Waals surface area contributed by atoms with E-state index in [0.29, 0.717) is 17.9 Å². The van der Waals surface area contributed by atoms with Gasteiger partial charge in [0.15, 0.2) is 0 Å². The Kier molecular flexibility index (Phi) is 4.45. The number of hydrogen-bond acceptors (Lipinski definition) is 3. The summed E-state index contributed by atoms with van der Waals surface area (Å²) >= 11 is 0. The Morgan fingerprint density at radius 2 is 1.96 bits per heavy atom. The number of halogens is 2. The van der Waals surface area contributed by atoms with Crippen LogP contribution in [-0.4, -0.2) is 22.2 Å². The third kappa shape index (κ3) is 3.46. The van der Waals surface area contributed by atoms with E-state index in [4.69, 9.17) is 0 Å². The van der Waals surface area contributed by atoms with Crippen LogP contribution in [-0.2, 0) is 6.54 Å². The smallest absolute Gasteiger partial charge is 0.269 e. The first-order valence-electron chi connectivity index (χ1n) is 8.63. The SMILES string of the molecule is Cc1ccc(-c2cc3n(n2)[C@H](NCc2cc(F)ccc2F)CNC3=O)cc1. The number of nitrogens with one attached hydrogen (secondary N) is 2. The van der Waals surface area contributed by atoms with Crippen molar-refractivity contribution in [1.29, 1.82) is 0 Å². The average molecular weight is 368 g/mol. The number of nitrogens with zero attached hydrogens (tertiary/aromatic N) is 2. The number of carbonyl (C=O) groups excluding carboxylic acids is 1. The zero-order valence-electron chi connectivity index (χ0n) is 14.7. The van der Waals surface area contributed by atoms with E-state index < -0.39 is 11.6 Å². The Morgan fingerprint density at radius 1 is 1.19 bits per heavy atom. The molecule has 2 aromatic carbocycles. The van der Waals surface area contributed by atoms with E-state index in [1.54, 1.807) is 10.7 Å². The van der Waals surface area contributed by atoms with E-state index in [1.165, 1.54) is 0 Å². The summed E-state index contributed by atoms with van der Waals surface area (Å²) in [5, 5.41) is 10.5. The third-order valence-electron chi connectivity index (χ3n) is 4.60. The van der Waals surface area contributed by atoms with E-state index in [-0.39, 0.29) is 24.2 Å². The molecule has 0 saturated heterocycles. The normalized spacial score (nSPS) is 16.1. The molecule has 4 rings (SSSR count). The highest BCUT2D eigenvalue weighted by Crippen LogP contribution is 2.23. The molecule has 7 heteroatoms. The molecule has 138 valence electrons. The number of amides is 1. The number of carbonyl (C=O) groups is 1. The molecular weight excluding hydrogens is 350 g/mol. The Hall–Kier alpha value is -3.06. The van der Waals surface area contributed by atoms with Gasteiger partial charge < -0.3 is 5.32 Å². The molecule has 3 aromatic rings. The standard InChI is InChI=1S/C20H18F2N4O/c1-12-2-4-13(5-3-12)17-9-18-20(27)24-11-19(26(18)25-17)23-10-14-8-15(21)6-7-16(14)22/h2-9,19,23H,10-11H2,1H3,(H,24,27)/t19-/m0/s1. The summed E-state index contributed by atoms with van der Waals surface area (Å²) in [5.41, 5.74) is 3.38. The zero-order chi connectivity index (χ0) is 19.0. The number of hydrogen-bond donors (Lipinski definition) is 2. The molecule has 2 N–H and O–H groups in total. The number of aromatic nitrogens is 2. The Labute approximate surface area is 155 Å². The van der Waals surface area contributed by atoms with Crippen molar-refractivity contribution in [1.82, 2.24) is 20.4 Å². The summed E-state index contributed by atoms with van der Waals surface area (Å²) in [6.07, 6.45) is -0.362. The van der Waals surface area contributed by atoms with Crippen LogP contribution < -0.4 is 10.6 Å². The minimum atomic E-state index is -0.494. The van der Waals surface area contributed by atoms with E-state index in [9.17, 15) is 13.6 Å². The van der Waals surface area contributed by atoms with E-state index in [1.807, 2.05) is 31.2 Å². The van der Waals surface area contributed by atoms with Gasteiger partial charge in [-0.25, -0.2) is 13.5 Å². The fraction of sp³-hybridized carbons (Fsp3) is 0.200. The summed E-state index contributed by atoms with van der Waals surface area (Å²) in [6, 6.07) is 12.9. The Bertz CT molecular complexity index is 998. The Balaban J connectivity index is 1.60. The highest BCUT2D eigenvalue weighted by Gasteiger charge is 2.27. The molecule has 0 unspecified atom stereocenters. The summed E-state index contributed by atoms with van der Waals surface area (Å²) in [7, 11) is 0. The predicted molar refractivity (Wildman–Crippen MR) is 97.0 cm³/mol. The van der Waals surface area contributed by atoms with Gasteiger partial charge in [0.1, 0.15) is 23.5 Å². The van der Waals surface area contributed by atoms with Crippen molar-refractivity contribution >= 4 is 5.91 Å². The molecule has 1 aliphatic heterocycles. The molecule has 1 aliphatic rings. The van der Waals surface area contributed by atoms with Crippen molar-refractivity contribution in [3.05, 3.63) is 77.0 Å². The molecule has 27 heavy (non-hydrogen) atoms. The minimum Gasteiger partial charge on any atom is -0.347 e. The molecule has 1 atom stereocenters. The zero-order valence-corrected chi connectivity index (χ0v) is 14.7. The molecule has 1 aromatic heterocycles. The number of rotatable bonds is 4. The van der Waals surface area contributed by atoms with Gasteiger partial charge in [0.25, 0.3) is 5.91 Å². The number of aryl methyl sites for hydroxylation is 1. The van der Waals surface area contributed by atoms with Crippen LogP contribution in [0.2, 0.25) is 0 Å². The molecule has 2 heterocycles. The lowest BCUT2D eigenvalue weighted by Gasteiger charge is -2.26. The lowest BCUT2D eigenvalue weighted by Crippen LogP contribution is -2.45. The molecule has 0 saturated carbocycles. The number of benzene rings is 2. The third-order valence-corrected chi connectivity index (χ3v) is 4.60. The van der Waals surface area contributed by atoms with Gasteiger partial charge in [0.2, 0.25) is 0 Å². The van der Waals surface area contributed by atoms with Crippen molar-refractivity contribution in [2.45, 2.75) is 19.6 Å². The first kappa shape index (κ1) is 17.4. The quantitative estimate of drug-likeness (QED) is 0.744. The van der Waals surface area contributed by atoms with Crippen molar-refractivity contribution in [3.8, 4) is 11.3 Å². The topological polar surface area (TPSA) is 59.0 Å². The molecule has 1 amide bonds. The molecular formula is C20H18F2N4O. The van der Waals surface area contributed by atoms with Gasteiger partial charge in [-0.15, -0.1) is 0 Å². The predicted octanol–water partition coefficient (Wildman–Crippen LogP) is 3.17. The van der Waals surface area contributed by atoms with E-state index in [0.717, 1.165) is 29.3 Å². The van der Waals surface area contributed by atoms with Crippen LogP contribution in [0.25, 0.3) is 11.3 Å². The maximum atomic E-state index is 13.8. The first-order valence-corrected chi connectivity index (χ1v) is 8.63. The van der Waals surface area contributed by atoms with E-state index >= 15 is 0 Å². The van der Waals surface area contributed by atoms with Crippen LogP contribution in [0.3, 0.4) is 0 Å². The van der Waals surface area contributed by atoms with Gasteiger partial charge in [-0.1, -0.05) is 29.8 Å². The van der Waals surface area contributed by atoms with Crippen LogP contribution in [0, 0.1) is 18.6 Å². The fourth-order valence-corrected chi connectivity index (χ4v) is 3.10. The molecule has 0 aliphatic carbocycles. The summed E-state index contributed by atoms with van der Waals surface area (Å²) in [5.74, 6) is -1.19. The number of fused-ring (bicyclic) bond motifs is 1. The van der Waals surface area contributed by atoms with Crippen molar-refractivity contribution in [2.75, 3.05) is 6.54 Å². The highest BCUT2D eigenvalue weighted by molar-refractivity contribution is 5.94. The second-order valence-corrected chi connectivity index (χ2v) is 6.57. The summed E-state index contributed by atoms with van der Waals surface area (Å²) < 4.78 is 28.8. The molecule has 0 spiro atoms. The van der Waals surface area contributed by atoms with E-state index in [2.05, 4.69) is 15.7 Å². The molecule has 0 fully saturated rings. The first-order chi connectivity index (χ1) is 13.0. The van der Waals surface area contributed by atoms with Crippen molar-refractivity contribution < 1.29 is 13.6 Å². The van der Waals surface area contributed by atoms with Crippen LogP contribution in [0.4, 0.5) is 8.78 Å². The average Bonchev–Trinajstić information content (AvgIpc) is 3.11. The fourth-order valence-electron chi connectivity index (χ4n) is 3.10. The van der Waals surface area contributed by atoms with Gasteiger partial charge in [0, 0.05) is 17.7 Å². The molecule has 0 radical (unpaired) electrons. The van der Waals surface area contributed by atoms with Gasteiger partial charge in [0.05, 0.1) is 12.2 Å². The largest absolute Gasteiger partial charge is 0.347 e. The summed E-state index contributed by atoms with van der Waals surface area (Å²) in [6.45, 7) is 2.42. The Morgan fingerprint density at radius 3 is 2.74 bits per heavy atom. The maximum Gasteiger partial charge on any atom is 0.269 e. The van der Waals surface area contributed by atoms with Crippen LogP contribution in [0.15, 0.2) is 48.5 Å². The van der Waals surface area contributed by atoms with Crippen molar-refractivity contribution in [3.63, 3.8) is 0 Å². The molecule has 5 nitrogen and oxygen atoms in total. The highest BCUT2D eigenvalue weighted by atomic mass is 19.1. The summed E-state index contributed by atoms with van der Waals surface area (Å²) in [4.78, 5) is 12.2. The van der Waals surface area contributed by atoms with Crippen LogP contribution >= 0.6 is 0 Å². The maximum absolute atomic E-state index is 13.8. The van der Waals surface area contributed by atoms with Gasteiger partial charge in [-0.3, -0.25) is 10.1 Å². The van der Waals surface area contributed by atoms with Crippen LogP contribution in [0.1, 0.15) is 27.8 Å². The minimum absolute atomic E-state index is 0.114. The lowest BCUT2D eigenvalue weighted by molar-refractivity contribution is 0.0900. The monoisotopic (exact) mass is 368 g/mol. The second-order valence-electron chi connectivity index (χ2n) is 6.57. The molecule has 0 bridgehead atoms. The lowest BCUT2D eigenvalue weighted by atomic mass is 10.1. The van der Waals surface area contributed by atoms with Crippen molar-refractivity contribution in [2.24, 2.45) is 0 Å². The van der Waals surface area contributed by atoms with Gasteiger partial charge >= 0.3 is 0 Å². The van der Waals surface area contributed by atoms with Gasteiger partial charge in [-0.05, 0) is 31.2 Å².